The third-order valence-corrected chi connectivity index (χ3v) is 4.37. The average molecular weight is 286 g/mol. The lowest BCUT2D eigenvalue weighted by Crippen LogP contribution is -2.43. The van der Waals surface area contributed by atoms with Gasteiger partial charge in [0.2, 0.25) is 0 Å². The third kappa shape index (κ3) is 11.7. The lowest BCUT2D eigenvalue weighted by atomic mass is 9.88. The second-order valence-electron chi connectivity index (χ2n) is 6.56. The molecule has 0 aliphatic carbocycles. The minimum absolute atomic E-state index is 0.148. The van der Waals surface area contributed by atoms with Crippen molar-refractivity contribution in [2.24, 2.45) is 5.73 Å². The van der Waals surface area contributed by atoms with Gasteiger partial charge in [0.05, 0.1) is 6.61 Å². The number of nitrogens with two attached hydrogens (primary N) is 1. The van der Waals surface area contributed by atoms with Gasteiger partial charge in [-0.1, -0.05) is 90.9 Å². The predicted octanol–water partition coefficient (Wildman–Crippen LogP) is 5.18. The summed E-state index contributed by atoms with van der Waals surface area (Å²) in [7, 11) is 0. The number of unbranched alkanes of at least 4 members (excludes halogenated alkanes) is 10. The molecule has 2 nitrogen and oxygen atoms in total. The van der Waals surface area contributed by atoms with E-state index in [0.29, 0.717) is 0 Å². The van der Waals surface area contributed by atoms with Crippen molar-refractivity contribution in [2.45, 2.75) is 109 Å². The maximum atomic E-state index is 9.52. The Balaban J connectivity index is 3.51. The minimum atomic E-state index is -0.310. The molecule has 0 spiro atoms. The summed E-state index contributed by atoms with van der Waals surface area (Å²) in [5, 5.41) is 9.52. The van der Waals surface area contributed by atoms with Crippen LogP contribution in [-0.2, 0) is 0 Å². The van der Waals surface area contributed by atoms with Crippen LogP contribution in [0.3, 0.4) is 0 Å². The first-order valence-electron chi connectivity index (χ1n) is 9.08. The summed E-state index contributed by atoms with van der Waals surface area (Å²) in [6.07, 6.45) is 17.6. The van der Waals surface area contributed by atoms with Gasteiger partial charge in [-0.15, -0.1) is 0 Å². The Morgan fingerprint density at radius 3 is 1.40 bits per heavy atom. The van der Waals surface area contributed by atoms with E-state index in [9.17, 15) is 5.11 Å². The van der Waals surface area contributed by atoms with Crippen molar-refractivity contribution in [3.63, 3.8) is 0 Å². The van der Waals surface area contributed by atoms with Gasteiger partial charge in [0, 0.05) is 5.54 Å². The van der Waals surface area contributed by atoms with Gasteiger partial charge >= 0.3 is 0 Å². The number of hydrogen-bond acceptors (Lipinski definition) is 2. The molecule has 0 aliphatic heterocycles. The average Bonchev–Trinajstić information content (AvgIpc) is 2.46. The molecule has 122 valence electrons. The summed E-state index contributed by atoms with van der Waals surface area (Å²) in [4.78, 5) is 0. The van der Waals surface area contributed by atoms with E-state index in [0.717, 1.165) is 12.8 Å². The van der Waals surface area contributed by atoms with Crippen LogP contribution in [0.1, 0.15) is 104 Å². The van der Waals surface area contributed by atoms with Gasteiger partial charge < -0.3 is 10.8 Å². The van der Waals surface area contributed by atoms with E-state index in [2.05, 4.69) is 13.8 Å². The standard InChI is InChI=1S/C18H39NO/c1-3-5-7-9-10-11-12-14-16-18(19,17-20)15-13-8-6-4-2/h20H,3-17,19H2,1-2H3. The molecule has 0 saturated carbocycles. The van der Waals surface area contributed by atoms with E-state index in [1.54, 1.807) is 0 Å². The Kier molecular flexibility index (Phi) is 13.8. The van der Waals surface area contributed by atoms with Crippen LogP contribution in [0.25, 0.3) is 0 Å². The number of rotatable bonds is 15. The fraction of sp³-hybridized carbons (Fsp3) is 1.00. The molecule has 0 saturated heterocycles. The first-order chi connectivity index (χ1) is 9.68. The zero-order valence-electron chi connectivity index (χ0n) is 14.1. The molecular weight excluding hydrogens is 246 g/mol. The van der Waals surface area contributed by atoms with Crippen LogP contribution >= 0.6 is 0 Å². The molecule has 0 amide bonds. The molecule has 0 aromatic carbocycles. The van der Waals surface area contributed by atoms with Crippen LogP contribution in [0.5, 0.6) is 0 Å². The van der Waals surface area contributed by atoms with Gasteiger partial charge in [0.1, 0.15) is 0 Å². The molecule has 0 bridgehead atoms. The van der Waals surface area contributed by atoms with E-state index in [1.165, 1.54) is 77.0 Å². The molecule has 20 heavy (non-hydrogen) atoms. The molecule has 1 atom stereocenters. The van der Waals surface area contributed by atoms with E-state index in [4.69, 9.17) is 5.73 Å². The van der Waals surface area contributed by atoms with Crippen LogP contribution in [0, 0.1) is 0 Å². The van der Waals surface area contributed by atoms with Gasteiger partial charge in [0.25, 0.3) is 0 Å². The zero-order valence-corrected chi connectivity index (χ0v) is 14.1. The zero-order chi connectivity index (χ0) is 15.1. The fourth-order valence-electron chi connectivity index (χ4n) is 2.80. The van der Waals surface area contributed by atoms with Gasteiger partial charge in [-0.3, -0.25) is 0 Å². The minimum Gasteiger partial charge on any atom is -0.394 e. The Labute approximate surface area is 127 Å². The van der Waals surface area contributed by atoms with Crippen molar-refractivity contribution >= 4 is 0 Å². The number of aliphatic hydroxyl groups excluding tert-OH is 1. The molecule has 0 fully saturated rings. The van der Waals surface area contributed by atoms with Crippen LogP contribution in [-0.4, -0.2) is 17.3 Å². The van der Waals surface area contributed by atoms with Crippen LogP contribution in [0.4, 0.5) is 0 Å². The predicted molar refractivity (Wildman–Crippen MR) is 90.0 cm³/mol. The smallest absolute Gasteiger partial charge is 0.0611 e. The molecule has 3 N–H and O–H groups in total. The molecule has 2 heteroatoms. The molecule has 0 aliphatic rings. The summed E-state index contributed by atoms with van der Waals surface area (Å²) in [5.41, 5.74) is 6.00. The quantitative estimate of drug-likeness (QED) is 0.407. The second-order valence-corrected chi connectivity index (χ2v) is 6.56. The van der Waals surface area contributed by atoms with Crippen molar-refractivity contribution < 1.29 is 5.11 Å². The maximum Gasteiger partial charge on any atom is 0.0611 e. The van der Waals surface area contributed by atoms with E-state index < -0.39 is 0 Å². The third-order valence-electron chi connectivity index (χ3n) is 4.37. The highest BCUT2D eigenvalue weighted by Crippen LogP contribution is 2.20. The summed E-state index contributed by atoms with van der Waals surface area (Å²) >= 11 is 0. The molecule has 0 heterocycles. The summed E-state index contributed by atoms with van der Waals surface area (Å²) < 4.78 is 0. The van der Waals surface area contributed by atoms with Crippen molar-refractivity contribution in [1.82, 2.24) is 0 Å². The largest absolute Gasteiger partial charge is 0.394 e. The molecular formula is C18H39NO. The Morgan fingerprint density at radius 1 is 0.650 bits per heavy atom. The first-order valence-corrected chi connectivity index (χ1v) is 9.08. The second kappa shape index (κ2) is 13.9. The Morgan fingerprint density at radius 2 is 1.00 bits per heavy atom. The lowest BCUT2D eigenvalue weighted by molar-refractivity contribution is 0.171. The molecule has 0 radical (unpaired) electrons. The first kappa shape index (κ1) is 19.9. The molecule has 0 rings (SSSR count). The van der Waals surface area contributed by atoms with Crippen molar-refractivity contribution in [3.8, 4) is 0 Å². The van der Waals surface area contributed by atoms with Crippen LogP contribution < -0.4 is 5.73 Å². The van der Waals surface area contributed by atoms with Crippen LogP contribution in [0.15, 0.2) is 0 Å². The molecule has 0 aromatic rings. The maximum absolute atomic E-state index is 9.52. The summed E-state index contributed by atoms with van der Waals surface area (Å²) in [6.45, 7) is 4.63. The molecule has 1 unspecified atom stereocenters. The van der Waals surface area contributed by atoms with Gasteiger partial charge in [-0.05, 0) is 12.8 Å². The highest BCUT2D eigenvalue weighted by molar-refractivity contribution is 4.83. The Hall–Kier alpha value is -0.0800. The topological polar surface area (TPSA) is 46.2 Å². The van der Waals surface area contributed by atoms with E-state index in [-0.39, 0.29) is 12.1 Å². The summed E-state index contributed by atoms with van der Waals surface area (Å²) in [5.74, 6) is 0. The highest BCUT2D eigenvalue weighted by Gasteiger charge is 2.22. The Bertz CT molecular complexity index is 196. The fourth-order valence-corrected chi connectivity index (χ4v) is 2.80. The number of aliphatic hydroxyl groups is 1. The summed E-state index contributed by atoms with van der Waals surface area (Å²) in [6, 6.07) is 0. The molecule has 0 aromatic heterocycles. The SMILES string of the molecule is CCCCCCCCCCC(N)(CO)CCCCCC. The van der Waals surface area contributed by atoms with Gasteiger partial charge in [0.15, 0.2) is 0 Å². The van der Waals surface area contributed by atoms with Gasteiger partial charge in [-0.25, -0.2) is 0 Å². The van der Waals surface area contributed by atoms with Crippen molar-refractivity contribution in [3.05, 3.63) is 0 Å². The number of hydrogen-bond donors (Lipinski definition) is 2. The van der Waals surface area contributed by atoms with Crippen molar-refractivity contribution in [1.29, 1.82) is 0 Å². The lowest BCUT2D eigenvalue weighted by Gasteiger charge is -2.27. The van der Waals surface area contributed by atoms with E-state index in [1.807, 2.05) is 0 Å². The monoisotopic (exact) mass is 285 g/mol. The van der Waals surface area contributed by atoms with E-state index >= 15 is 0 Å². The van der Waals surface area contributed by atoms with Crippen LogP contribution in [0.2, 0.25) is 0 Å². The highest BCUT2D eigenvalue weighted by atomic mass is 16.3. The van der Waals surface area contributed by atoms with Gasteiger partial charge in [-0.2, -0.15) is 0 Å². The van der Waals surface area contributed by atoms with Crippen molar-refractivity contribution in [2.75, 3.05) is 6.61 Å². The normalized spacial score (nSPS) is 14.4.